The SMILES string of the molecule is CC(=O)c1ccc(NC(=O)CSc2nc(=O)[nH]nc2C)cc1. The standard InChI is InChI=1S/C14H14N4O3S/c1-8-13(16-14(21)18-17-8)22-7-12(20)15-11-5-3-10(4-6-11)9(2)19/h3-6H,7H2,1-2H3,(H,15,20)(H,16,18,21). The number of Topliss-reactive ketones (excluding diaryl/α,β-unsaturated/α-hetero) is 1. The van der Waals surface area contributed by atoms with Crippen LogP contribution in [-0.4, -0.2) is 32.6 Å². The lowest BCUT2D eigenvalue weighted by molar-refractivity contribution is -0.113. The second kappa shape index (κ2) is 6.99. The number of hydrogen-bond donors (Lipinski definition) is 2. The lowest BCUT2D eigenvalue weighted by Crippen LogP contribution is -2.17. The van der Waals surface area contributed by atoms with Crippen LogP contribution in [0.25, 0.3) is 0 Å². The minimum Gasteiger partial charge on any atom is -0.325 e. The van der Waals surface area contributed by atoms with E-state index in [1.807, 2.05) is 0 Å². The van der Waals surface area contributed by atoms with Gasteiger partial charge in [0.2, 0.25) is 5.91 Å². The van der Waals surface area contributed by atoms with Gasteiger partial charge >= 0.3 is 5.69 Å². The van der Waals surface area contributed by atoms with Crippen LogP contribution in [0.5, 0.6) is 0 Å². The molecule has 2 aromatic rings. The van der Waals surface area contributed by atoms with E-state index in [0.717, 1.165) is 11.8 Å². The molecule has 0 aliphatic heterocycles. The summed E-state index contributed by atoms with van der Waals surface area (Å²) in [6.07, 6.45) is 0. The number of nitrogens with one attached hydrogen (secondary N) is 2. The fourth-order valence-electron chi connectivity index (χ4n) is 1.63. The number of hydrogen-bond acceptors (Lipinski definition) is 6. The van der Waals surface area contributed by atoms with Crippen molar-refractivity contribution in [3.05, 3.63) is 46.0 Å². The molecule has 0 spiro atoms. The van der Waals surface area contributed by atoms with E-state index in [1.165, 1.54) is 6.92 Å². The van der Waals surface area contributed by atoms with E-state index in [4.69, 9.17) is 0 Å². The third-order valence-electron chi connectivity index (χ3n) is 2.75. The summed E-state index contributed by atoms with van der Waals surface area (Å²) in [5, 5.41) is 9.14. The first-order chi connectivity index (χ1) is 10.5. The second-order valence-electron chi connectivity index (χ2n) is 4.50. The number of aromatic amines is 1. The summed E-state index contributed by atoms with van der Waals surface area (Å²) in [7, 11) is 0. The van der Waals surface area contributed by atoms with Gasteiger partial charge in [-0.05, 0) is 38.1 Å². The van der Waals surface area contributed by atoms with Gasteiger partial charge in [-0.25, -0.2) is 9.89 Å². The van der Waals surface area contributed by atoms with Crippen molar-refractivity contribution in [1.82, 2.24) is 15.2 Å². The highest BCUT2D eigenvalue weighted by atomic mass is 32.2. The van der Waals surface area contributed by atoms with E-state index < -0.39 is 5.69 Å². The molecule has 7 nitrogen and oxygen atoms in total. The lowest BCUT2D eigenvalue weighted by Gasteiger charge is -2.06. The molecule has 8 heteroatoms. The molecule has 2 rings (SSSR count). The van der Waals surface area contributed by atoms with Crippen LogP contribution in [0.3, 0.4) is 0 Å². The highest BCUT2D eigenvalue weighted by Gasteiger charge is 2.08. The molecule has 1 amide bonds. The number of anilines is 1. The van der Waals surface area contributed by atoms with E-state index in [1.54, 1.807) is 31.2 Å². The summed E-state index contributed by atoms with van der Waals surface area (Å²) in [5.74, 6) is -0.160. The van der Waals surface area contributed by atoms with Gasteiger partial charge < -0.3 is 5.32 Å². The second-order valence-corrected chi connectivity index (χ2v) is 5.47. The molecular weight excluding hydrogens is 304 g/mol. The van der Waals surface area contributed by atoms with Gasteiger partial charge in [0.15, 0.2) is 5.78 Å². The Balaban J connectivity index is 1.94. The van der Waals surface area contributed by atoms with Crippen LogP contribution in [-0.2, 0) is 4.79 Å². The van der Waals surface area contributed by atoms with Crippen molar-refractivity contribution < 1.29 is 9.59 Å². The van der Waals surface area contributed by atoms with Crippen molar-refractivity contribution in [3.8, 4) is 0 Å². The highest BCUT2D eigenvalue weighted by Crippen LogP contribution is 2.17. The zero-order chi connectivity index (χ0) is 16.1. The minimum atomic E-state index is -0.548. The van der Waals surface area contributed by atoms with Crippen LogP contribution in [0, 0.1) is 6.92 Å². The van der Waals surface area contributed by atoms with E-state index >= 15 is 0 Å². The molecule has 2 N–H and O–H groups in total. The highest BCUT2D eigenvalue weighted by molar-refractivity contribution is 8.00. The number of thioether (sulfide) groups is 1. The van der Waals surface area contributed by atoms with Crippen molar-refractivity contribution in [2.45, 2.75) is 18.9 Å². The number of carbonyl (C=O) groups is 2. The predicted molar refractivity (Wildman–Crippen MR) is 83.2 cm³/mol. The summed E-state index contributed by atoms with van der Waals surface area (Å²) in [6.45, 7) is 3.18. The smallest absolute Gasteiger partial charge is 0.325 e. The van der Waals surface area contributed by atoms with Crippen LogP contribution in [0.4, 0.5) is 5.69 Å². The summed E-state index contributed by atoms with van der Waals surface area (Å²) < 4.78 is 0. The Labute approximate surface area is 130 Å². The topological polar surface area (TPSA) is 105 Å². The number of benzene rings is 1. The average Bonchev–Trinajstić information content (AvgIpc) is 2.49. The fourth-order valence-corrected chi connectivity index (χ4v) is 2.38. The average molecular weight is 318 g/mol. The Bertz CT molecular complexity index is 755. The number of carbonyl (C=O) groups excluding carboxylic acids is 2. The maximum atomic E-state index is 11.9. The number of aromatic nitrogens is 3. The molecule has 0 atom stereocenters. The van der Waals surface area contributed by atoms with Gasteiger partial charge in [-0.1, -0.05) is 11.8 Å². The molecule has 22 heavy (non-hydrogen) atoms. The van der Waals surface area contributed by atoms with Crippen LogP contribution in [0.15, 0.2) is 34.1 Å². The van der Waals surface area contributed by atoms with E-state index in [9.17, 15) is 14.4 Å². The number of rotatable bonds is 5. The van der Waals surface area contributed by atoms with Gasteiger partial charge in [0.05, 0.1) is 11.4 Å². The van der Waals surface area contributed by atoms with Crippen molar-refractivity contribution in [3.63, 3.8) is 0 Å². The van der Waals surface area contributed by atoms with Crippen LogP contribution < -0.4 is 11.0 Å². The molecule has 0 radical (unpaired) electrons. The van der Waals surface area contributed by atoms with Crippen LogP contribution in [0.2, 0.25) is 0 Å². The fraction of sp³-hybridized carbons (Fsp3) is 0.214. The van der Waals surface area contributed by atoms with Gasteiger partial charge in [-0.2, -0.15) is 10.1 Å². The largest absolute Gasteiger partial charge is 0.362 e. The third-order valence-corrected chi connectivity index (χ3v) is 3.81. The van der Waals surface area contributed by atoms with Crippen LogP contribution in [0.1, 0.15) is 23.0 Å². The molecule has 1 aromatic carbocycles. The first kappa shape index (κ1) is 15.9. The normalized spacial score (nSPS) is 10.3. The van der Waals surface area contributed by atoms with Crippen molar-refractivity contribution >= 4 is 29.1 Å². The maximum Gasteiger partial charge on any atom is 0.362 e. The van der Waals surface area contributed by atoms with Crippen LogP contribution >= 0.6 is 11.8 Å². The van der Waals surface area contributed by atoms with Gasteiger partial charge in [0, 0.05) is 11.3 Å². The Kier molecular flexibility index (Phi) is 5.05. The first-order valence-corrected chi connectivity index (χ1v) is 7.41. The molecule has 0 saturated heterocycles. The molecule has 0 unspecified atom stereocenters. The zero-order valence-electron chi connectivity index (χ0n) is 12.0. The maximum absolute atomic E-state index is 11.9. The Morgan fingerprint density at radius 3 is 2.59 bits per heavy atom. The first-order valence-electron chi connectivity index (χ1n) is 6.42. The minimum absolute atomic E-state index is 0.0308. The van der Waals surface area contributed by atoms with E-state index in [0.29, 0.717) is 22.0 Å². The van der Waals surface area contributed by atoms with Crippen molar-refractivity contribution in [1.29, 1.82) is 0 Å². The summed E-state index contributed by atoms with van der Waals surface area (Å²) in [6, 6.07) is 6.63. The summed E-state index contributed by atoms with van der Waals surface area (Å²) in [4.78, 5) is 37.9. The number of nitrogens with zero attached hydrogens (tertiary/aromatic N) is 2. The van der Waals surface area contributed by atoms with Crippen molar-refractivity contribution in [2.75, 3.05) is 11.1 Å². The number of amides is 1. The lowest BCUT2D eigenvalue weighted by atomic mass is 10.1. The Morgan fingerprint density at radius 2 is 1.95 bits per heavy atom. The summed E-state index contributed by atoms with van der Waals surface area (Å²) in [5.41, 5.74) is 1.20. The molecule has 0 aliphatic carbocycles. The van der Waals surface area contributed by atoms with Gasteiger partial charge in [-0.15, -0.1) is 0 Å². The Hall–Kier alpha value is -2.48. The van der Waals surface area contributed by atoms with Crippen molar-refractivity contribution in [2.24, 2.45) is 0 Å². The van der Waals surface area contributed by atoms with Gasteiger partial charge in [0.25, 0.3) is 0 Å². The van der Waals surface area contributed by atoms with Gasteiger partial charge in [-0.3, -0.25) is 9.59 Å². The number of ketones is 1. The van der Waals surface area contributed by atoms with Gasteiger partial charge in [0.1, 0.15) is 5.03 Å². The number of aryl methyl sites for hydroxylation is 1. The molecule has 114 valence electrons. The molecule has 0 aliphatic rings. The molecule has 1 heterocycles. The van der Waals surface area contributed by atoms with E-state index in [2.05, 4.69) is 20.5 Å². The monoisotopic (exact) mass is 318 g/mol. The van der Waals surface area contributed by atoms with E-state index in [-0.39, 0.29) is 17.4 Å². The summed E-state index contributed by atoms with van der Waals surface area (Å²) >= 11 is 1.14. The quantitative estimate of drug-likeness (QED) is 0.638. The predicted octanol–water partition coefficient (Wildman–Crippen LogP) is 1.41. The Morgan fingerprint density at radius 1 is 1.27 bits per heavy atom. The molecule has 0 saturated carbocycles. The molecule has 1 aromatic heterocycles. The molecule has 0 bridgehead atoms. The third kappa shape index (κ3) is 4.26. The molecular formula is C14H14N4O3S. The zero-order valence-corrected chi connectivity index (χ0v) is 12.9. The molecule has 0 fully saturated rings. The number of H-pyrrole nitrogens is 1.